The number of halogens is 1. The maximum atomic E-state index is 12.8. The van der Waals surface area contributed by atoms with Crippen LogP contribution in [0.1, 0.15) is 43.0 Å². The molecule has 3 amide bonds. The van der Waals surface area contributed by atoms with Gasteiger partial charge in [0, 0.05) is 36.3 Å². The second-order valence-electron chi connectivity index (χ2n) is 6.29. The van der Waals surface area contributed by atoms with Crippen LogP contribution in [0.15, 0.2) is 48.5 Å². The topological polar surface area (TPSA) is 87.3 Å². The quantitative estimate of drug-likeness (QED) is 0.575. The van der Waals surface area contributed by atoms with Gasteiger partial charge in [-0.25, -0.2) is 4.39 Å². The van der Waals surface area contributed by atoms with Crippen molar-refractivity contribution in [3.8, 4) is 0 Å². The molecule has 0 unspecified atom stereocenters. The van der Waals surface area contributed by atoms with E-state index in [2.05, 4.69) is 16.0 Å². The molecule has 2 aromatic rings. The minimum absolute atomic E-state index is 0.0668. The monoisotopic (exact) mass is 385 g/mol. The van der Waals surface area contributed by atoms with Gasteiger partial charge in [-0.2, -0.15) is 0 Å². The molecule has 0 heterocycles. The lowest BCUT2D eigenvalue weighted by atomic mass is 10.2. The first-order valence-electron chi connectivity index (χ1n) is 9.21. The van der Waals surface area contributed by atoms with Gasteiger partial charge in [0.15, 0.2) is 0 Å². The van der Waals surface area contributed by atoms with Crippen LogP contribution >= 0.6 is 0 Å². The molecule has 0 saturated heterocycles. The summed E-state index contributed by atoms with van der Waals surface area (Å²) in [6.45, 7) is 2.26. The van der Waals surface area contributed by atoms with Crippen molar-refractivity contribution in [3.05, 3.63) is 59.9 Å². The first-order valence-corrected chi connectivity index (χ1v) is 9.21. The first kappa shape index (κ1) is 21.1. The fourth-order valence-electron chi connectivity index (χ4n) is 2.50. The van der Waals surface area contributed by atoms with Crippen LogP contribution in [0.3, 0.4) is 0 Å². The molecule has 2 rings (SSSR count). The zero-order chi connectivity index (χ0) is 20.4. The van der Waals surface area contributed by atoms with Gasteiger partial charge in [-0.3, -0.25) is 14.4 Å². The van der Waals surface area contributed by atoms with Crippen LogP contribution in [0.4, 0.5) is 15.8 Å². The van der Waals surface area contributed by atoms with Gasteiger partial charge in [0.2, 0.25) is 11.8 Å². The van der Waals surface area contributed by atoms with Crippen LogP contribution in [0.5, 0.6) is 0 Å². The van der Waals surface area contributed by atoms with Crippen molar-refractivity contribution in [1.29, 1.82) is 0 Å². The maximum Gasteiger partial charge on any atom is 0.251 e. The molecule has 0 fully saturated rings. The van der Waals surface area contributed by atoms with Gasteiger partial charge in [-0.15, -0.1) is 0 Å². The average molecular weight is 385 g/mol. The number of benzene rings is 2. The van der Waals surface area contributed by atoms with E-state index in [0.717, 1.165) is 6.42 Å². The van der Waals surface area contributed by atoms with E-state index >= 15 is 0 Å². The van der Waals surface area contributed by atoms with Gasteiger partial charge >= 0.3 is 0 Å². The lowest BCUT2D eigenvalue weighted by Gasteiger charge is -2.09. The Balaban J connectivity index is 1.73. The maximum absolute atomic E-state index is 12.8. The molecule has 0 spiro atoms. The van der Waals surface area contributed by atoms with Crippen LogP contribution in [0, 0.1) is 5.82 Å². The lowest BCUT2D eigenvalue weighted by molar-refractivity contribution is -0.117. The second kappa shape index (κ2) is 10.8. The fourth-order valence-corrected chi connectivity index (χ4v) is 2.50. The van der Waals surface area contributed by atoms with E-state index in [1.165, 1.54) is 24.3 Å². The summed E-state index contributed by atoms with van der Waals surface area (Å²) in [4.78, 5) is 35.6. The van der Waals surface area contributed by atoms with Gasteiger partial charge in [0.25, 0.3) is 5.91 Å². The predicted octanol–water partition coefficient (Wildman–Crippen LogP) is 3.71. The van der Waals surface area contributed by atoms with Gasteiger partial charge < -0.3 is 16.0 Å². The molecule has 0 atom stereocenters. The zero-order valence-electron chi connectivity index (χ0n) is 15.8. The number of amides is 3. The molecule has 3 N–H and O–H groups in total. The Bertz CT molecular complexity index is 822. The van der Waals surface area contributed by atoms with Crippen LogP contribution in [0.2, 0.25) is 0 Å². The molecule has 7 heteroatoms. The highest BCUT2D eigenvalue weighted by molar-refractivity contribution is 5.95. The molecule has 6 nitrogen and oxygen atoms in total. The van der Waals surface area contributed by atoms with E-state index in [9.17, 15) is 18.8 Å². The van der Waals surface area contributed by atoms with Crippen molar-refractivity contribution in [2.45, 2.75) is 32.6 Å². The Morgan fingerprint density at radius 3 is 2.11 bits per heavy atom. The molecule has 0 aliphatic heterocycles. The van der Waals surface area contributed by atoms with Crippen molar-refractivity contribution in [2.75, 3.05) is 17.2 Å². The number of nitrogens with one attached hydrogen (secondary N) is 3. The molecule has 0 saturated carbocycles. The number of hydrogen-bond acceptors (Lipinski definition) is 3. The van der Waals surface area contributed by atoms with Gasteiger partial charge in [0.1, 0.15) is 5.82 Å². The highest BCUT2D eigenvalue weighted by atomic mass is 19.1. The predicted molar refractivity (Wildman–Crippen MR) is 107 cm³/mol. The Morgan fingerprint density at radius 2 is 1.50 bits per heavy atom. The Morgan fingerprint density at radius 1 is 0.893 bits per heavy atom. The Kier molecular flexibility index (Phi) is 8.14. The summed E-state index contributed by atoms with van der Waals surface area (Å²) in [6, 6.07) is 12.2. The zero-order valence-corrected chi connectivity index (χ0v) is 15.8. The van der Waals surface area contributed by atoms with Gasteiger partial charge in [-0.1, -0.05) is 13.0 Å². The summed E-state index contributed by atoms with van der Waals surface area (Å²) in [6.07, 6.45) is 1.90. The Labute approximate surface area is 163 Å². The highest BCUT2D eigenvalue weighted by Crippen LogP contribution is 2.16. The number of carbonyl (C=O) groups is 3. The van der Waals surface area contributed by atoms with E-state index < -0.39 is 5.82 Å². The van der Waals surface area contributed by atoms with Crippen molar-refractivity contribution in [1.82, 2.24) is 5.32 Å². The third kappa shape index (κ3) is 7.19. The van der Waals surface area contributed by atoms with E-state index in [1.807, 2.05) is 6.92 Å². The molecule has 0 aliphatic carbocycles. The third-order valence-electron chi connectivity index (χ3n) is 3.88. The van der Waals surface area contributed by atoms with Gasteiger partial charge in [-0.05, 0) is 55.3 Å². The molecular weight excluding hydrogens is 361 g/mol. The van der Waals surface area contributed by atoms with Crippen LogP contribution in [0.25, 0.3) is 0 Å². The van der Waals surface area contributed by atoms with Crippen molar-refractivity contribution < 1.29 is 18.8 Å². The highest BCUT2D eigenvalue weighted by Gasteiger charge is 2.07. The standard InChI is InChI=1S/C21H24FN3O3/c1-2-5-19(26)24-17-6-3-7-18(14-17)25-20(27)8-4-13-23-21(28)15-9-11-16(22)12-10-15/h3,6-7,9-12,14H,2,4-5,8,13H2,1H3,(H,23,28)(H,24,26)(H,25,27). The van der Waals surface area contributed by atoms with E-state index in [1.54, 1.807) is 24.3 Å². The molecule has 0 aliphatic rings. The number of hydrogen-bond donors (Lipinski definition) is 3. The summed E-state index contributed by atoms with van der Waals surface area (Å²) in [5.74, 6) is -0.964. The van der Waals surface area contributed by atoms with Crippen molar-refractivity contribution in [2.24, 2.45) is 0 Å². The molecule has 0 radical (unpaired) electrons. The molecular formula is C21H24FN3O3. The minimum Gasteiger partial charge on any atom is -0.352 e. The van der Waals surface area contributed by atoms with Crippen LogP contribution in [-0.2, 0) is 9.59 Å². The van der Waals surface area contributed by atoms with E-state index in [-0.39, 0.29) is 24.1 Å². The van der Waals surface area contributed by atoms with Crippen LogP contribution < -0.4 is 16.0 Å². The first-order chi connectivity index (χ1) is 13.5. The number of anilines is 2. The third-order valence-corrected chi connectivity index (χ3v) is 3.88. The average Bonchev–Trinajstić information content (AvgIpc) is 2.66. The van der Waals surface area contributed by atoms with Crippen molar-refractivity contribution >= 4 is 29.1 Å². The number of carbonyl (C=O) groups excluding carboxylic acids is 3. The summed E-state index contributed by atoms with van der Waals surface area (Å²) >= 11 is 0. The number of rotatable bonds is 9. The Hall–Kier alpha value is -3.22. The lowest BCUT2D eigenvalue weighted by Crippen LogP contribution is -2.25. The molecule has 0 aromatic heterocycles. The summed E-state index contributed by atoms with van der Waals surface area (Å²) in [5.41, 5.74) is 1.59. The second-order valence-corrected chi connectivity index (χ2v) is 6.29. The molecule has 0 bridgehead atoms. The summed E-state index contributed by atoms with van der Waals surface area (Å²) in [7, 11) is 0. The smallest absolute Gasteiger partial charge is 0.251 e. The summed E-state index contributed by atoms with van der Waals surface area (Å²) in [5, 5.41) is 8.24. The molecule has 2 aromatic carbocycles. The molecule has 148 valence electrons. The fraction of sp³-hybridized carbons (Fsp3) is 0.286. The SMILES string of the molecule is CCCC(=O)Nc1cccc(NC(=O)CCCNC(=O)c2ccc(F)cc2)c1. The van der Waals surface area contributed by atoms with Crippen molar-refractivity contribution in [3.63, 3.8) is 0 Å². The summed E-state index contributed by atoms with van der Waals surface area (Å²) < 4.78 is 12.8. The van der Waals surface area contributed by atoms with E-state index in [4.69, 9.17) is 0 Å². The van der Waals surface area contributed by atoms with E-state index in [0.29, 0.717) is 36.3 Å². The van der Waals surface area contributed by atoms with Gasteiger partial charge in [0.05, 0.1) is 0 Å². The molecule has 28 heavy (non-hydrogen) atoms. The van der Waals surface area contributed by atoms with Crippen LogP contribution in [-0.4, -0.2) is 24.3 Å². The minimum atomic E-state index is -0.401. The normalized spacial score (nSPS) is 10.2. The largest absolute Gasteiger partial charge is 0.352 e.